The third kappa shape index (κ3) is 5.13. The molecule has 1 fully saturated rings. The number of aromatic nitrogens is 1. The van der Waals surface area contributed by atoms with Crippen molar-refractivity contribution < 1.29 is 0 Å². The Bertz CT molecular complexity index is 489. The SMILES string of the molecule is CCC1CN(C(=NC)NCC(c2cccnc2)C(C)C)CCS1. The first-order valence-electron chi connectivity index (χ1n) is 8.62. The van der Waals surface area contributed by atoms with E-state index in [1.54, 1.807) is 0 Å². The van der Waals surface area contributed by atoms with Crippen LogP contribution in [0, 0.1) is 5.92 Å². The van der Waals surface area contributed by atoms with Gasteiger partial charge in [-0.25, -0.2) is 0 Å². The summed E-state index contributed by atoms with van der Waals surface area (Å²) in [4.78, 5) is 11.2. The molecule has 1 aromatic rings. The van der Waals surface area contributed by atoms with Crippen LogP contribution < -0.4 is 5.32 Å². The van der Waals surface area contributed by atoms with Crippen LogP contribution in [0.2, 0.25) is 0 Å². The summed E-state index contributed by atoms with van der Waals surface area (Å²) in [5.41, 5.74) is 1.30. The zero-order valence-corrected chi connectivity index (χ0v) is 15.6. The zero-order chi connectivity index (χ0) is 16.7. The molecule has 0 radical (unpaired) electrons. The van der Waals surface area contributed by atoms with E-state index in [9.17, 15) is 0 Å². The van der Waals surface area contributed by atoms with Gasteiger partial charge < -0.3 is 10.2 Å². The van der Waals surface area contributed by atoms with E-state index in [1.165, 1.54) is 17.7 Å². The highest BCUT2D eigenvalue weighted by Gasteiger charge is 2.23. The molecule has 1 aliphatic rings. The number of hydrogen-bond donors (Lipinski definition) is 1. The van der Waals surface area contributed by atoms with Crippen molar-refractivity contribution in [1.82, 2.24) is 15.2 Å². The van der Waals surface area contributed by atoms with Gasteiger partial charge in [0.25, 0.3) is 0 Å². The Balaban J connectivity index is 1.98. The standard InChI is InChI=1S/C18H30N4S/c1-5-16-13-22(9-10-23-16)18(19-4)21-12-17(14(2)3)15-7-6-8-20-11-15/h6-8,11,14,16-17H,5,9-10,12-13H2,1-4H3,(H,19,21). The molecule has 2 unspecified atom stereocenters. The quantitative estimate of drug-likeness (QED) is 0.663. The molecule has 2 heterocycles. The van der Waals surface area contributed by atoms with E-state index in [0.29, 0.717) is 11.8 Å². The van der Waals surface area contributed by atoms with Crippen LogP contribution in [-0.4, -0.2) is 53.5 Å². The van der Waals surface area contributed by atoms with Crippen LogP contribution in [-0.2, 0) is 0 Å². The summed E-state index contributed by atoms with van der Waals surface area (Å²) in [7, 11) is 1.89. The third-order valence-corrected chi connectivity index (χ3v) is 5.87. The normalized spacial score (nSPS) is 20.7. The van der Waals surface area contributed by atoms with Crippen molar-refractivity contribution in [1.29, 1.82) is 0 Å². The van der Waals surface area contributed by atoms with Gasteiger partial charge in [-0.1, -0.05) is 26.8 Å². The number of nitrogens with zero attached hydrogens (tertiary/aromatic N) is 3. The molecule has 0 amide bonds. The highest BCUT2D eigenvalue weighted by atomic mass is 32.2. The van der Waals surface area contributed by atoms with Crippen LogP contribution in [0.5, 0.6) is 0 Å². The van der Waals surface area contributed by atoms with E-state index < -0.39 is 0 Å². The molecule has 128 valence electrons. The second-order valence-electron chi connectivity index (χ2n) is 6.41. The van der Waals surface area contributed by atoms with Gasteiger partial charge in [-0.05, 0) is 24.0 Å². The van der Waals surface area contributed by atoms with Crippen LogP contribution >= 0.6 is 11.8 Å². The van der Waals surface area contributed by atoms with Crippen molar-refractivity contribution in [3.63, 3.8) is 0 Å². The smallest absolute Gasteiger partial charge is 0.193 e. The zero-order valence-electron chi connectivity index (χ0n) is 14.8. The van der Waals surface area contributed by atoms with Crippen molar-refractivity contribution in [2.24, 2.45) is 10.9 Å². The number of rotatable bonds is 5. The maximum atomic E-state index is 4.51. The molecule has 2 rings (SSSR count). The molecule has 2 atom stereocenters. The van der Waals surface area contributed by atoms with Gasteiger partial charge in [-0.15, -0.1) is 0 Å². The summed E-state index contributed by atoms with van der Waals surface area (Å²) >= 11 is 2.09. The Labute approximate surface area is 145 Å². The molecular formula is C18H30N4S. The van der Waals surface area contributed by atoms with E-state index in [0.717, 1.165) is 30.8 Å². The molecule has 1 aromatic heterocycles. The summed E-state index contributed by atoms with van der Waals surface area (Å²) in [6.07, 6.45) is 5.05. The molecule has 0 aromatic carbocycles. The average molecular weight is 335 g/mol. The van der Waals surface area contributed by atoms with Gasteiger partial charge in [0.15, 0.2) is 5.96 Å². The minimum atomic E-state index is 0.446. The second kappa shape index (κ2) is 9.16. The lowest BCUT2D eigenvalue weighted by molar-refractivity contribution is 0.399. The lowest BCUT2D eigenvalue weighted by Gasteiger charge is -2.35. The van der Waals surface area contributed by atoms with Crippen molar-refractivity contribution in [2.75, 3.05) is 32.4 Å². The minimum Gasteiger partial charge on any atom is -0.356 e. The van der Waals surface area contributed by atoms with Crippen LogP contribution in [0.15, 0.2) is 29.5 Å². The maximum Gasteiger partial charge on any atom is 0.193 e. The van der Waals surface area contributed by atoms with Gasteiger partial charge >= 0.3 is 0 Å². The molecule has 1 N–H and O–H groups in total. The van der Waals surface area contributed by atoms with Gasteiger partial charge in [0.2, 0.25) is 0 Å². The molecule has 1 aliphatic heterocycles. The molecule has 0 aliphatic carbocycles. The lowest BCUT2D eigenvalue weighted by atomic mass is 9.89. The predicted molar refractivity (Wildman–Crippen MR) is 101 cm³/mol. The highest BCUT2D eigenvalue weighted by molar-refractivity contribution is 8.00. The van der Waals surface area contributed by atoms with Gasteiger partial charge in [0.05, 0.1) is 0 Å². The Hall–Kier alpha value is -1.23. The third-order valence-electron chi connectivity index (χ3n) is 4.50. The first kappa shape index (κ1) is 18.1. The summed E-state index contributed by atoms with van der Waals surface area (Å²) < 4.78 is 0. The topological polar surface area (TPSA) is 40.5 Å². The molecule has 5 heteroatoms. The number of thioether (sulfide) groups is 1. The van der Waals surface area contributed by atoms with Crippen LogP contribution in [0.4, 0.5) is 0 Å². The van der Waals surface area contributed by atoms with E-state index in [2.05, 4.69) is 58.8 Å². The summed E-state index contributed by atoms with van der Waals surface area (Å²) in [6, 6.07) is 4.19. The predicted octanol–water partition coefficient (Wildman–Crippen LogP) is 3.22. The number of hydrogen-bond acceptors (Lipinski definition) is 3. The minimum absolute atomic E-state index is 0.446. The second-order valence-corrected chi connectivity index (χ2v) is 7.82. The van der Waals surface area contributed by atoms with Crippen molar-refractivity contribution in [3.8, 4) is 0 Å². The summed E-state index contributed by atoms with van der Waals surface area (Å²) in [5.74, 6) is 3.24. The van der Waals surface area contributed by atoms with Crippen LogP contribution in [0.25, 0.3) is 0 Å². The monoisotopic (exact) mass is 334 g/mol. The molecule has 0 spiro atoms. The van der Waals surface area contributed by atoms with E-state index >= 15 is 0 Å². The molecule has 0 bridgehead atoms. The first-order valence-corrected chi connectivity index (χ1v) is 9.67. The van der Waals surface area contributed by atoms with E-state index in [4.69, 9.17) is 0 Å². The van der Waals surface area contributed by atoms with Gasteiger partial charge in [-0.3, -0.25) is 9.98 Å². The molecule has 4 nitrogen and oxygen atoms in total. The van der Waals surface area contributed by atoms with Crippen LogP contribution in [0.1, 0.15) is 38.7 Å². The largest absolute Gasteiger partial charge is 0.356 e. The Morgan fingerprint density at radius 3 is 2.96 bits per heavy atom. The fraction of sp³-hybridized carbons (Fsp3) is 0.667. The molecule has 1 saturated heterocycles. The molecular weight excluding hydrogens is 304 g/mol. The van der Waals surface area contributed by atoms with Crippen molar-refractivity contribution >= 4 is 17.7 Å². The highest BCUT2D eigenvalue weighted by Crippen LogP contribution is 2.24. The maximum absolute atomic E-state index is 4.51. The Kier molecular flexibility index (Phi) is 7.21. The fourth-order valence-electron chi connectivity index (χ4n) is 3.03. The van der Waals surface area contributed by atoms with Gasteiger partial charge in [-0.2, -0.15) is 11.8 Å². The summed E-state index contributed by atoms with van der Waals surface area (Å²) in [5, 5.41) is 4.33. The van der Waals surface area contributed by atoms with E-state index in [-0.39, 0.29) is 0 Å². The Morgan fingerprint density at radius 2 is 2.35 bits per heavy atom. The average Bonchev–Trinajstić information content (AvgIpc) is 2.59. The number of aliphatic imine (C=N–C) groups is 1. The molecule has 0 saturated carbocycles. The number of pyridine rings is 1. The first-order chi connectivity index (χ1) is 11.2. The summed E-state index contributed by atoms with van der Waals surface area (Å²) in [6.45, 7) is 9.89. The lowest BCUT2D eigenvalue weighted by Crippen LogP contribution is -2.49. The van der Waals surface area contributed by atoms with Crippen molar-refractivity contribution in [3.05, 3.63) is 30.1 Å². The number of guanidine groups is 1. The Morgan fingerprint density at radius 1 is 1.52 bits per heavy atom. The van der Waals surface area contributed by atoms with Crippen LogP contribution in [0.3, 0.4) is 0 Å². The van der Waals surface area contributed by atoms with Gasteiger partial charge in [0.1, 0.15) is 0 Å². The number of nitrogens with one attached hydrogen (secondary N) is 1. The van der Waals surface area contributed by atoms with Gasteiger partial charge in [0, 0.05) is 56.0 Å². The molecule has 23 heavy (non-hydrogen) atoms. The van der Waals surface area contributed by atoms with E-state index in [1.807, 2.05) is 25.5 Å². The van der Waals surface area contributed by atoms with Crippen molar-refractivity contribution in [2.45, 2.75) is 38.4 Å². The fourth-order valence-corrected chi connectivity index (χ4v) is 4.21.